The molecule has 84 valence electrons. The Morgan fingerprint density at radius 2 is 2.00 bits per heavy atom. The molecule has 0 fully saturated rings. The van der Waals surface area contributed by atoms with E-state index < -0.39 is 0 Å². The molecular formula is C12H13NO3. The Bertz CT molecular complexity index is 451. The van der Waals surface area contributed by atoms with E-state index in [4.69, 9.17) is 13.9 Å². The van der Waals surface area contributed by atoms with E-state index in [-0.39, 0.29) is 0 Å². The summed E-state index contributed by atoms with van der Waals surface area (Å²) in [5.41, 5.74) is 0.895. The maximum absolute atomic E-state index is 5.44. The number of rotatable bonds is 4. The Labute approximate surface area is 93.8 Å². The molecule has 0 bridgehead atoms. The molecule has 0 aliphatic carbocycles. The molecule has 0 spiro atoms. The van der Waals surface area contributed by atoms with Crippen molar-refractivity contribution in [3.63, 3.8) is 0 Å². The second-order valence-corrected chi connectivity index (χ2v) is 3.11. The first-order valence-corrected chi connectivity index (χ1v) is 5.08. The summed E-state index contributed by atoms with van der Waals surface area (Å²) in [6.45, 7) is 2.41. The van der Waals surface area contributed by atoms with Gasteiger partial charge in [-0.05, 0) is 19.1 Å². The van der Waals surface area contributed by atoms with Gasteiger partial charge >= 0.3 is 11.8 Å². The van der Waals surface area contributed by atoms with Gasteiger partial charge in [-0.1, -0.05) is 18.2 Å². The molecule has 0 N–H and O–H groups in total. The lowest BCUT2D eigenvalue weighted by Crippen LogP contribution is -1.93. The lowest BCUT2D eigenvalue weighted by Gasteiger charge is -1.97. The summed E-state index contributed by atoms with van der Waals surface area (Å²) in [6.07, 6.45) is 0. The molecule has 1 aromatic carbocycles. The number of hydrogen-bond donors (Lipinski definition) is 0. The topological polar surface area (TPSA) is 44.5 Å². The molecule has 16 heavy (non-hydrogen) atoms. The van der Waals surface area contributed by atoms with Gasteiger partial charge in [0.25, 0.3) is 0 Å². The van der Waals surface area contributed by atoms with E-state index in [1.54, 1.807) is 0 Å². The third-order valence-electron chi connectivity index (χ3n) is 2.05. The Morgan fingerprint density at radius 1 is 1.25 bits per heavy atom. The number of nitrogens with zero attached hydrogens (tertiary/aromatic N) is 1. The van der Waals surface area contributed by atoms with Gasteiger partial charge in [0.1, 0.15) is 0 Å². The summed E-state index contributed by atoms with van der Waals surface area (Å²) in [5.74, 6) is 1.20. The van der Waals surface area contributed by atoms with E-state index in [9.17, 15) is 0 Å². The van der Waals surface area contributed by atoms with Crippen LogP contribution in [-0.4, -0.2) is 18.7 Å². The predicted molar refractivity (Wildman–Crippen MR) is 59.7 cm³/mol. The van der Waals surface area contributed by atoms with E-state index in [2.05, 4.69) is 4.98 Å². The normalized spacial score (nSPS) is 10.1. The first-order valence-electron chi connectivity index (χ1n) is 5.08. The van der Waals surface area contributed by atoms with Crippen molar-refractivity contribution in [2.24, 2.45) is 0 Å². The third kappa shape index (κ3) is 2.00. The fourth-order valence-electron chi connectivity index (χ4n) is 1.35. The van der Waals surface area contributed by atoms with Gasteiger partial charge in [0, 0.05) is 5.56 Å². The van der Waals surface area contributed by atoms with Gasteiger partial charge in [-0.3, -0.25) is 0 Å². The van der Waals surface area contributed by atoms with Gasteiger partial charge in [-0.15, -0.1) is 0 Å². The number of ether oxygens (including phenoxy) is 2. The molecule has 4 nitrogen and oxygen atoms in total. The van der Waals surface area contributed by atoms with Gasteiger partial charge < -0.3 is 13.9 Å². The quantitative estimate of drug-likeness (QED) is 0.793. The number of methoxy groups -OCH3 is 1. The van der Waals surface area contributed by atoms with Crippen LogP contribution in [0.3, 0.4) is 0 Å². The van der Waals surface area contributed by atoms with Gasteiger partial charge in [0.2, 0.25) is 5.89 Å². The van der Waals surface area contributed by atoms with E-state index in [0.717, 1.165) is 5.56 Å². The van der Waals surface area contributed by atoms with Gasteiger partial charge in [0.15, 0.2) is 0 Å². The zero-order valence-electron chi connectivity index (χ0n) is 9.27. The highest BCUT2D eigenvalue weighted by molar-refractivity contribution is 5.54. The number of benzene rings is 1. The highest BCUT2D eigenvalue weighted by Crippen LogP contribution is 2.32. The van der Waals surface area contributed by atoms with Crippen LogP contribution in [-0.2, 0) is 0 Å². The first kappa shape index (κ1) is 10.5. The Morgan fingerprint density at radius 3 is 2.62 bits per heavy atom. The Balaban J connectivity index is 2.36. The number of hydrogen-bond acceptors (Lipinski definition) is 4. The zero-order valence-corrected chi connectivity index (χ0v) is 9.27. The van der Waals surface area contributed by atoms with Gasteiger partial charge in [0.05, 0.1) is 13.7 Å². The van der Waals surface area contributed by atoms with Crippen LogP contribution in [0.2, 0.25) is 0 Å². The minimum absolute atomic E-state index is 0.306. The van der Waals surface area contributed by atoms with Crippen LogP contribution in [0, 0.1) is 0 Å². The van der Waals surface area contributed by atoms with Crippen LogP contribution >= 0.6 is 0 Å². The molecular weight excluding hydrogens is 206 g/mol. The van der Waals surface area contributed by atoms with Crippen molar-refractivity contribution in [2.75, 3.05) is 13.7 Å². The molecule has 0 saturated carbocycles. The second-order valence-electron chi connectivity index (χ2n) is 3.11. The van der Waals surface area contributed by atoms with Crippen molar-refractivity contribution in [3.05, 3.63) is 30.3 Å². The molecule has 0 radical (unpaired) electrons. The van der Waals surface area contributed by atoms with Crippen LogP contribution in [0.1, 0.15) is 6.92 Å². The van der Waals surface area contributed by atoms with Crippen LogP contribution in [0.4, 0.5) is 0 Å². The minimum atomic E-state index is 0.306. The molecule has 0 amide bonds. The third-order valence-corrected chi connectivity index (χ3v) is 2.05. The molecule has 0 atom stereocenters. The maximum Gasteiger partial charge on any atom is 0.351 e. The summed E-state index contributed by atoms with van der Waals surface area (Å²) >= 11 is 0. The average Bonchev–Trinajstić information content (AvgIpc) is 2.74. The second kappa shape index (κ2) is 4.70. The number of aromatic nitrogens is 1. The zero-order chi connectivity index (χ0) is 11.4. The van der Waals surface area contributed by atoms with Crippen LogP contribution in [0.15, 0.2) is 34.7 Å². The summed E-state index contributed by atoms with van der Waals surface area (Å²) in [4.78, 5) is 4.23. The first-order chi connectivity index (χ1) is 7.85. The molecule has 0 aliphatic rings. The monoisotopic (exact) mass is 219 g/mol. The van der Waals surface area contributed by atoms with E-state index in [0.29, 0.717) is 24.3 Å². The van der Waals surface area contributed by atoms with E-state index >= 15 is 0 Å². The predicted octanol–water partition coefficient (Wildman–Crippen LogP) is 2.75. The smallest absolute Gasteiger partial charge is 0.351 e. The van der Waals surface area contributed by atoms with Crippen molar-refractivity contribution in [2.45, 2.75) is 6.92 Å². The lowest BCUT2D eigenvalue weighted by molar-refractivity contribution is 0.263. The molecule has 2 rings (SSSR count). The van der Waals surface area contributed by atoms with Crippen LogP contribution < -0.4 is 9.47 Å². The Kier molecular flexibility index (Phi) is 3.10. The van der Waals surface area contributed by atoms with Crippen molar-refractivity contribution in [1.82, 2.24) is 4.98 Å². The Hall–Kier alpha value is -1.97. The highest BCUT2D eigenvalue weighted by atomic mass is 16.6. The van der Waals surface area contributed by atoms with Crippen molar-refractivity contribution in [3.8, 4) is 23.3 Å². The fourth-order valence-corrected chi connectivity index (χ4v) is 1.35. The van der Waals surface area contributed by atoms with Gasteiger partial charge in [-0.25, -0.2) is 0 Å². The maximum atomic E-state index is 5.44. The average molecular weight is 219 g/mol. The van der Waals surface area contributed by atoms with Crippen molar-refractivity contribution in [1.29, 1.82) is 0 Å². The summed E-state index contributed by atoms with van der Waals surface area (Å²) in [6, 6.07) is 9.62. The molecule has 2 aromatic rings. The fraction of sp³-hybridized carbons (Fsp3) is 0.250. The molecule has 1 heterocycles. The molecule has 0 aliphatic heterocycles. The van der Waals surface area contributed by atoms with Gasteiger partial charge in [-0.2, -0.15) is 4.98 Å². The molecule has 0 saturated heterocycles. The van der Waals surface area contributed by atoms with Crippen molar-refractivity contribution >= 4 is 0 Å². The summed E-state index contributed by atoms with van der Waals surface area (Å²) < 4.78 is 15.8. The largest absolute Gasteiger partial charge is 0.473 e. The van der Waals surface area contributed by atoms with Crippen molar-refractivity contribution < 1.29 is 13.9 Å². The van der Waals surface area contributed by atoms with E-state index in [1.807, 2.05) is 37.3 Å². The summed E-state index contributed by atoms with van der Waals surface area (Å²) in [5, 5.41) is 0. The lowest BCUT2D eigenvalue weighted by atomic mass is 10.2. The molecule has 0 unspecified atom stereocenters. The highest BCUT2D eigenvalue weighted by Gasteiger charge is 2.15. The molecule has 1 aromatic heterocycles. The van der Waals surface area contributed by atoms with Crippen LogP contribution in [0.5, 0.6) is 11.8 Å². The minimum Gasteiger partial charge on any atom is -0.473 e. The van der Waals surface area contributed by atoms with E-state index in [1.165, 1.54) is 7.11 Å². The standard InChI is InChI=1S/C12H13NO3/c1-3-15-11-12(14-2)16-10(13-11)9-7-5-4-6-8-9/h4-8H,3H2,1-2H3. The summed E-state index contributed by atoms with van der Waals surface area (Å²) in [7, 11) is 1.53. The van der Waals surface area contributed by atoms with Crippen LogP contribution in [0.25, 0.3) is 11.5 Å². The number of oxazole rings is 1. The SMILES string of the molecule is CCOc1nc(-c2ccccc2)oc1OC. The molecule has 4 heteroatoms.